The average Bonchev–Trinajstić information content (AvgIpc) is 2.78. The number of benzene rings is 3. The van der Waals surface area contributed by atoms with E-state index in [2.05, 4.69) is 4.98 Å². The molecular weight excluding hydrogens is 404 g/mol. The summed E-state index contributed by atoms with van der Waals surface area (Å²) in [5.41, 5.74) is 2.24. The van der Waals surface area contributed by atoms with Gasteiger partial charge >= 0.3 is 5.69 Å². The van der Waals surface area contributed by atoms with Crippen molar-refractivity contribution < 1.29 is 14.2 Å². The molecule has 0 aliphatic heterocycles. The van der Waals surface area contributed by atoms with Crippen LogP contribution in [0, 0.1) is 0 Å². The van der Waals surface area contributed by atoms with Crippen LogP contribution in [0.4, 0.5) is 0 Å². The van der Waals surface area contributed by atoms with E-state index in [0.29, 0.717) is 39.2 Å². The fourth-order valence-electron chi connectivity index (χ4n) is 3.38. The molecule has 0 aliphatic carbocycles. The molecule has 1 aromatic heterocycles. The first-order valence-corrected chi connectivity index (χ1v) is 9.52. The van der Waals surface area contributed by atoms with Crippen LogP contribution in [-0.4, -0.2) is 30.9 Å². The Morgan fingerprint density at radius 3 is 2.07 bits per heavy atom. The zero-order valence-corrected chi connectivity index (χ0v) is 17.4. The lowest BCUT2D eigenvalue weighted by molar-refractivity contribution is 0.355. The van der Waals surface area contributed by atoms with Crippen molar-refractivity contribution in [3.05, 3.63) is 76.2 Å². The highest BCUT2D eigenvalue weighted by Gasteiger charge is 2.18. The molecule has 0 N–H and O–H groups in total. The highest BCUT2D eigenvalue weighted by atomic mass is 35.5. The maximum absolute atomic E-state index is 13.1. The van der Waals surface area contributed by atoms with Gasteiger partial charge in [-0.15, -0.1) is 0 Å². The molecule has 0 spiro atoms. The van der Waals surface area contributed by atoms with Gasteiger partial charge in [0.25, 0.3) is 0 Å². The number of hydrogen-bond acceptors (Lipinski definition) is 5. The van der Waals surface area contributed by atoms with E-state index in [-0.39, 0.29) is 0 Å². The van der Waals surface area contributed by atoms with Crippen LogP contribution in [0.5, 0.6) is 17.2 Å². The normalized spacial score (nSPS) is 10.8. The van der Waals surface area contributed by atoms with E-state index in [1.807, 2.05) is 30.3 Å². The van der Waals surface area contributed by atoms with Gasteiger partial charge < -0.3 is 14.2 Å². The maximum Gasteiger partial charge on any atom is 0.353 e. The summed E-state index contributed by atoms with van der Waals surface area (Å²) in [6.07, 6.45) is 0. The van der Waals surface area contributed by atoms with Gasteiger partial charge in [-0.1, -0.05) is 23.7 Å². The second-order valence-electron chi connectivity index (χ2n) is 6.51. The molecule has 6 nitrogen and oxygen atoms in total. The summed E-state index contributed by atoms with van der Waals surface area (Å²) in [6.45, 7) is 0. The lowest BCUT2D eigenvalue weighted by Gasteiger charge is -2.17. The standard InChI is InChI=1S/C23H19ClN2O4/c1-28-17-10-8-16(9-11-17)26-22(14-4-6-15(24)7-5-14)18-12-20(29-2)21(30-3)13-19(18)25-23(26)27/h4-13H,1-3H3. The van der Waals surface area contributed by atoms with Crippen molar-refractivity contribution >= 4 is 22.5 Å². The third-order valence-corrected chi connectivity index (χ3v) is 5.09. The molecule has 4 aromatic rings. The third kappa shape index (κ3) is 3.46. The van der Waals surface area contributed by atoms with Gasteiger partial charge in [-0.25, -0.2) is 4.79 Å². The molecule has 152 valence electrons. The predicted molar refractivity (Wildman–Crippen MR) is 117 cm³/mol. The van der Waals surface area contributed by atoms with Crippen LogP contribution in [0.1, 0.15) is 0 Å². The van der Waals surface area contributed by atoms with Crippen molar-refractivity contribution in [2.75, 3.05) is 21.3 Å². The zero-order chi connectivity index (χ0) is 21.3. The lowest BCUT2D eigenvalue weighted by atomic mass is 10.0. The molecule has 0 aliphatic rings. The van der Waals surface area contributed by atoms with E-state index < -0.39 is 5.69 Å². The largest absolute Gasteiger partial charge is 0.497 e. The third-order valence-electron chi connectivity index (χ3n) is 4.84. The second kappa shape index (κ2) is 8.08. The molecule has 4 rings (SSSR count). The van der Waals surface area contributed by atoms with Gasteiger partial charge in [0.05, 0.1) is 38.2 Å². The van der Waals surface area contributed by atoms with Gasteiger partial charge in [0.15, 0.2) is 11.5 Å². The van der Waals surface area contributed by atoms with E-state index in [0.717, 1.165) is 10.9 Å². The number of hydrogen-bond donors (Lipinski definition) is 0. The number of methoxy groups -OCH3 is 3. The van der Waals surface area contributed by atoms with Gasteiger partial charge in [-0.3, -0.25) is 4.57 Å². The first-order valence-electron chi connectivity index (χ1n) is 9.15. The summed E-state index contributed by atoms with van der Waals surface area (Å²) in [5.74, 6) is 1.74. The Morgan fingerprint density at radius 1 is 0.833 bits per heavy atom. The SMILES string of the molecule is COc1ccc(-n2c(-c3ccc(Cl)cc3)c3cc(OC)c(OC)cc3nc2=O)cc1. The summed E-state index contributed by atoms with van der Waals surface area (Å²) in [5, 5.41) is 1.35. The number of rotatable bonds is 5. The number of halogens is 1. The molecule has 0 fully saturated rings. The Hall–Kier alpha value is -3.51. The minimum Gasteiger partial charge on any atom is -0.497 e. The molecule has 0 unspecified atom stereocenters. The van der Waals surface area contributed by atoms with Crippen molar-refractivity contribution in [3.63, 3.8) is 0 Å². The molecule has 0 saturated carbocycles. The highest BCUT2D eigenvalue weighted by Crippen LogP contribution is 2.36. The molecule has 0 saturated heterocycles. The van der Waals surface area contributed by atoms with Crippen LogP contribution in [0.15, 0.2) is 65.5 Å². The Kier molecular flexibility index (Phi) is 5.33. The molecule has 1 heterocycles. The van der Waals surface area contributed by atoms with Crippen LogP contribution in [-0.2, 0) is 0 Å². The Balaban J connectivity index is 2.11. The number of fused-ring (bicyclic) bond motifs is 1. The minimum absolute atomic E-state index is 0.412. The Morgan fingerprint density at radius 2 is 1.47 bits per heavy atom. The highest BCUT2D eigenvalue weighted by molar-refractivity contribution is 6.30. The summed E-state index contributed by atoms with van der Waals surface area (Å²) in [6, 6.07) is 18.1. The van der Waals surface area contributed by atoms with Crippen LogP contribution in [0.3, 0.4) is 0 Å². The summed E-state index contributed by atoms with van der Waals surface area (Å²) in [7, 11) is 4.71. The molecule has 0 amide bonds. The van der Waals surface area contributed by atoms with E-state index in [1.165, 1.54) is 0 Å². The first kappa shape index (κ1) is 19.8. The van der Waals surface area contributed by atoms with Gasteiger partial charge in [-0.05, 0) is 48.0 Å². The number of ether oxygens (including phenoxy) is 3. The van der Waals surface area contributed by atoms with Crippen molar-refractivity contribution in [1.29, 1.82) is 0 Å². The quantitative estimate of drug-likeness (QED) is 0.465. The van der Waals surface area contributed by atoms with Crippen LogP contribution in [0.25, 0.3) is 27.8 Å². The number of aromatic nitrogens is 2. The van der Waals surface area contributed by atoms with Crippen molar-refractivity contribution in [2.45, 2.75) is 0 Å². The van der Waals surface area contributed by atoms with Crippen molar-refractivity contribution in [1.82, 2.24) is 9.55 Å². The molecule has 3 aromatic carbocycles. The lowest BCUT2D eigenvalue weighted by Crippen LogP contribution is -2.23. The zero-order valence-electron chi connectivity index (χ0n) is 16.7. The average molecular weight is 423 g/mol. The van der Waals surface area contributed by atoms with E-state index in [1.54, 1.807) is 56.2 Å². The summed E-state index contributed by atoms with van der Waals surface area (Å²) in [4.78, 5) is 17.4. The fourth-order valence-corrected chi connectivity index (χ4v) is 3.51. The minimum atomic E-state index is -0.412. The van der Waals surface area contributed by atoms with Crippen molar-refractivity contribution in [3.8, 4) is 34.2 Å². The molecule has 7 heteroatoms. The van der Waals surface area contributed by atoms with E-state index in [9.17, 15) is 4.79 Å². The van der Waals surface area contributed by atoms with Gasteiger partial charge in [0, 0.05) is 16.5 Å². The molecule has 30 heavy (non-hydrogen) atoms. The fraction of sp³-hybridized carbons (Fsp3) is 0.130. The smallest absolute Gasteiger partial charge is 0.353 e. The Labute approximate surface area is 178 Å². The van der Waals surface area contributed by atoms with Gasteiger partial charge in [0.1, 0.15) is 5.75 Å². The molecule has 0 atom stereocenters. The van der Waals surface area contributed by atoms with Gasteiger partial charge in [-0.2, -0.15) is 4.98 Å². The summed E-state index contributed by atoms with van der Waals surface area (Å²) < 4.78 is 17.7. The van der Waals surface area contributed by atoms with Crippen LogP contribution < -0.4 is 19.9 Å². The van der Waals surface area contributed by atoms with Crippen LogP contribution in [0.2, 0.25) is 5.02 Å². The Bertz CT molecular complexity index is 1270. The maximum atomic E-state index is 13.1. The van der Waals surface area contributed by atoms with E-state index >= 15 is 0 Å². The van der Waals surface area contributed by atoms with Gasteiger partial charge in [0.2, 0.25) is 0 Å². The van der Waals surface area contributed by atoms with Crippen molar-refractivity contribution in [2.24, 2.45) is 0 Å². The monoisotopic (exact) mass is 422 g/mol. The second-order valence-corrected chi connectivity index (χ2v) is 6.94. The predicted octanol–water partition coefficient (Wildman–Crippen LogP) is 4.73. The first-order chi connectivity index (χ1) is 14.5. The van der Waals surface area contributed by atoms with E-state index in [4.69, 9.17) is 25.8 Å². The van der Waals surface area contributed by atoms with Crippen LogP contribution >= 0.6 is 11.6 Å². The number of nitrogens with zero attached hydrogens (tertiary/aromatic N) is 2. The molecule has 0 bridgehead atoms. The topological polar surface area (TPSA) is 62.6 Å². The molecular formula is C23H19ClN2O4. The summed E-state index contributed by atoms with van der Waals surface area (Å²) >= 11 is 6.09. The molecule has 0 radical (unpaired) electrons.